The molecule has 0 radical (unpaired) electrons. The summed E-state index contributed by atoms with van der Waals surface area (Å²) in [5.41, 5.74) is 8.25. The van der Waals surface area contributed by atoms with E-state index in [0.717, 1.165) is 5.04 Å². The summed E-state index contributed by atoms with van der Waals surface area (Å²) in [7, 11) is 0. The molecule has 1 rings (SSSR count). The van der Waals surface area contributed by atoms with Crippen LogP contribution in [0.2, 0.25) is 0 Å². The first-order valence-electron chi connectivity index (χ1n) is 2.95. The first kappa shape index (κ1) is 6.89. The maximum absolute atomic E-state index is 5.50. The molecule has 1 heterocycles. The number of nitrogens with one attached hydrogen (secondary N) is 1. The normalized spacial score (nSPS) is 26.2. The molecule has 1 aliphatic heterocycles. The van der Waals surface area contributed by atoms with E-state index in [9.17, 15) is 0 Å². The van der Waals surface area contributed by atoms with Gasteiger partial charge in [-0.15, -0.1) is 0 Å². The van der Waals surface area contributed by atoms with E-state index in [-0.39, 0.29) is 5.50 Å². The third-order valence-electron chi connectivity index (χ3n) is 1.04. The van der Waals surface area contributed by atoms with E-state index >= 15 is 0 Å². The zero-order valence-electron chi connectivity index (χ0n) is 5.59. The molecule has 0 amide bonds. The maximum atomic E-state index is 5.50. The standard InChI is InChI=1S/C5H11N3S/c1-3(2)4-7-8-5(6)9-4/h3,5,8H,6H2,1-2H3. The van der Waals surface area contributed by atoms with Gasteiger partial charge in [0.1, 0.15) is 5.50 Å². The number of nitrogens with two attached hydrogens (primary N) is 1. The summed E-state index contributed by atoms with van der Waals surface area (Å²) in [6.45, 7) is 4.21. The summed E-state index contributed by atoms with van der Waals surface area (Å²) >= 11 is 1.59. The van der Waals surface area contributed by atoms with Gasteiger partial charge in [-0.25, -0.2) is 0 Å². The summed E-state index contributed by atoms with van der Waals surface area (Å²) in [5, 5.41) is 5.12. The SMILES string of the molecule is CC(C)C1=NNC(N)S1. The molecule has 1 unspecified atom stereocenters. The highest BCUT2D eigenvalue weighted by Gasteiger charge is 2.16. The molecule has 9 heavy (non-hydrogen) atoms. The highest BCUT2D eigenvalue weighted by Crippen LogP contribution is 2.18. The van der Waals surface area contributed by atoms with Crippen LogP contribution in [0.5, 0.6) is 0 Å². The van der Waals surface area contributed by atoms with Crippen LogP contribution in [0.3, 0.4) is 0 Å². The lowest BCUT2D eigenvalue weighted by Gasteiger charge is -2.01. The number of thioether (sulfide) groups is 1. The van der Waals surface area contributed by atoms with E-state index in [0.29, 0.717) is 5.92 Å². The fraction of sp³-hybridized carbons (Fsp3) is 0.800. The molecule has 0 saturated carbocycles. The number of rotatable bonds is 1. The van der Waals surface area contributed by atoms with Gasteiger partial charge in [0.25, 0.3) is 0 Å². The Labute approximate surface area is 59.1 Å². The smallest absolute Gasteiger partial charge is 0.144 e. The van der Waals surface area contributed by atoms with Crippen molar-refractivity contribution in [2.45, 2.75) is 19.3 Å². The Morgan fingerprint density at radius 1 is 1.78 bits per heavy atom. The molecule has 0 bridgehead atoms. The van der Waals surface area contributed by atoms with Crippen molar-refractivity contribution in [2.24, 2.45) is 16.8 Å². The number of nitrogens with zero attached hydrogens (tertiary/aromatic N) is 1. The highest BCUT2D eigenvalue weighted by atomic mass is 32.2. The minimum Gasteiger partial charge on any atom is -0.301 e. The lowest BCUT2D eigenvalue weighted by Crippen LogP contribution is -2.25. The molecule has 0 aromatic heterocycles. The Balaban J connectivity index is 2.45. The molecule has 0 aliphatic carbocycles. The second-order valence-corrected chi connectivity index (χ2v) is 3.43. The van der Waals surface area contributed by atoms with Gasteiger partial charge in [0.2, 0.25) is 0 Å². The zero-order chi connectivity index (χ0) is 6.85. The fourth-order valence-electron chi connectivity index (χ4n) is 0.575. The summed E-state index contributed by atoms with van der Waals surface area (Å²) in [6, 6.07) is 0. The first-order chi connectivity index (χ1) is 4.20. The zero-order valence-corrected chi connectivity index (χ0v) is 6.40. The van der Waals surface area contributed by atoms with E-state index in [1.54, 1.807) is 11.8 Å². The number of hydrogen-bond acceptors (Lipinski definition) is 4. The summed E-state index contributed by atoms with van der Waals surface area (Å²) in [5.74, 6) is 0.496. The number of hydrazone groups is 1. The van der Waals surface area contributed by atoms with Gasteiger partial charge < -0.3 is 5.73 Å². The molecular formula is C5H11N3S. The molecule has 0 saturated heterocycles. The van der Waals surface area contributed by atoms with Crippen LogP contribution in [-0.2, 0) is 0 Å². The van der Waals surface area contributed by atoms with Crippen molar-refractivity contribution >= 4 is 16.8 Å². The van der Waals surface area contributed by atoms with E-state index in [1.165, 1.54) is 0 Å². The Bertz CT molecular complexity index is 132. The van der Waals surface area contributed by atoms with E-state index in [1.807, 2.05) is 0 Å². The van der Waals surface area contributed by atoms with E-state index < -0.39 is 0 Å². The van der Waals surface area contributed by atoms with Gasteiger partial charge in [-0.1, -0.05) is 25.6 Å². The Kier molecular flexibility index (Phi) is 1.97. The van der Waals surface area contributed by atoms with Gasteiger partial charge in [0, 0.05) is 5.92 Å². The van der Waals surface area contributed by atoms with Crippen molar-refractivity contribution < 1.29 is 0 Å². The van der Waals surface area contributed by atoms with Crippen molar-refractivity contribution in [3.63, 3.8) is 0 Å². The van der Waals surface area contributed by atoms with Crippen LogP contribution in [0.25, 0.3) is 0 Å². The van der Waals surface area contributed by atoms with Crippen molar-refractivity contribution in [1.82, 2.24) is 5.43 Å². The van der Waals surface area contributed by atoms with Crippen LogP contribution in [0.1, 0.15) is 13.8 Å². The van der Waals surface area contributed by atoms with Gasteiger partial charge >= 0.3 is 0 Å². The predicted octanol–water partition coefficient (Wildman–Crippen LogP) is 0.535. The third-order valence-corrected chi connectivity index (χ3v) is 2.21. The maximum Gasteiger partial charge on any atom is 0.144 e. The average Bonchev–Trinajstić information content (AvgIpc) is 2.14. The molecule has 52 valence electrons. The summed E-state index contributed by atoms with van der Waals surface area (Å²) < 4.78 is 0. The monoisotopic (exact) mass is 145 g/mol. The molecule has 3 nitrogen and oxygen atoms in total. The minimum absolute atomic E-state index is 0.0256. The predicted molar refractivity (Wildman–Crippen MR) is 41.0 cm³/mol. The van der Waals surface area contributed by atoms with Crippen LogP contribution in [-0.4, -0.2) is 10.5 Å². The third kappa shape index (κ3) is 1.59. The van der Waals surface area contributed by atoms with Crippen molar-refractivity contribution in [3.8, 4) is 0 Å². The average molecular weight is 145 g/mol. The van der Waals surface area contributed by atoms with Crippen LogP contribution >= 0.6 is 11.8 Å². The van der Waals surface area contributed by atoms with Crippen LogP contribution < -0.4 is 11.2 Å². The van der Waals surface area contributed by atoms with Crippen molar-refractivity contribution in [1.29, 1.82) is 0 Å². The molecule has 0 fully saturated rings. The fourth-order valence-corrected chi connectivity index (χ4v) is 1.32. The Hall–Kier alpha value is -0.220. The minimum atomic E-state index is -0.0256. The van der Waals surface area contributed by atoms with Gasteiger partial charge in [-0.3, -0.25) is 5.43 Å². The molecule has 1 aliphatic rings. The molecular weight excluding hydrogens is 134 g/mol. The molecule has 3 N–H and O–H groups in total. The van der Waals surface area contributed by atoms with Crippen LogP contribution in [0.15, 0.2) is 5.10 Å². The number of hydrogen-bond donors (Lipinski definition) is 2. The first-order valence-corrected chi connectivity index (χ1v) is 3.83. The molecule has 0 aromatic rings. The Morgan fingerprint density at radius 2 is 2.44 bits per heavy atom. The quantitative estimate of drug-likeness (QED) is 0.566. The van der Waals surface area contributed by atoms with Gasteiger partial charge in [0.15, 0.2) is 0 Å². The van der Waals surface area contributed by atoms with Gasteiger partial charge in [-0.2, -0.15) is 5.10 Å². The second kappa shape index (κ2) is 2.58. The van der Waals surface area contributed by atoms with E-state index in [4.69, 9.17) is 5.73 Å². The molecule has 0 spiro atoms. The summed E-state index contributed by atoms with van der Waals surface area (Å²) in [4.78, 5) is 0. The lowest BCUT2D eigenvalue weighted by molar-refractivity contribution is 0.723. The largest absolute Gasteiger partial charge is 0.301 e. The second-order valence-electron chi connectivity index (χ2n) is 2.27. The molecule has 0 aromatic carbocycles. The van der Waals surface area contributed by atoms with Crippen molar-refractivity contribution in [3.05, 3.63) is 0 Å². The van der Waals surface area contributed by atoms with Gasteiger partial charge in [0.05, 0.1) is 5.04 Å². The highest BCUT2D eigenvalue weighted by molar-refractivity contribution is 8.14. The van der Waals surface area contributed by atoms with Crippen LogP contribution in [0, 0.1) is 5.92 Å². The lowest BCUT2D eigenvalue weighted by atomic mass is 10.2. The van der Waals surface area contributed by atoms with Crippen molar-refractivity contribution in [2.75, 3.05) is 0 Å². The van der Waals surface area contributed by atoms with E-state index in [2.05, 4.69) is 24.4 Å². The molecule has 1 atom stereocenters. The van der Waals surface area contributed by atoms with Crippen LogP contribution in [0.4, 0.5) is 0 Å². The topological polar surface area (TPSA) is 50.4 Å². The summed E-state index contributed by atoms with van der Waals surface area (Å²) in [6.07, 6.45) is 0. The molecule has 4 heteroatoms. The van der Waals surface area contributed by atoms with Gasteiger partial charge in [-0.05, 0) is 0 Å². The Morgan fingerprint density at radius 3 is 2.67 bits per heavy atom.